The molecule has 2 amide bonds. The zero-order chi connectivity index (χ0) is 13.4. The Bertz CT molecular complexity index is 702. The third-order valence-electron chi connectivity index (χ3n) is 2.96. The first-order valence-electron chi connectivity index (χ1n) is 5.88. The minimum Gasteiger partial charge on any atom is -0.404 e. The van der Waals surface area contributed by atoms with Gasteiger partial charge in [-0.25, -0.2) is 14.7 Å². The molecule has 6 heteroatoms. The van der Waals surface area contributed by atoms with Gasteiger partial charge in [-0.3, -0.25) is 4.79 Å². The Balaban J connectivity index is 2.03. The normalized spacial score (nSPS) is 17.5. The predicted molar refractivity (Wildman–Crippen MR) is 67.9 cm³/mol. The summed E-state index contributed by atoms with van der Waals surface area (Å²) in [4.78, 5) is 31.5. The van der Waals surface area contributed by atoms with E-state index in [1.807, 2.05) is 6.07 Å². The van der Waals surface area contributed by atoms with E-state index in [0.29, 0.717) is 6.54 Å². The zero-order valence-corrected chi connectivity index (χ0v) is 10.2. The summed E-state index contributed by atoms with van der Waals surface area (Å²) in [5.74, 6) is -0.373. The molecule has 0 radical (unpaired) electrons. The number of amides is 2. The van der Waals surface area contributed by atoms with Gasteiger partial charge in [-0.05, 0) is 25.1 Å². The first-order valence-corrected chi connectivity index (χ1v) is 5.88. The van der Waals surface area contributed by atoms with Gasteiger partial charge in [-0.2, -0.15) is 0 Å². The van der Waals surface area contributed by atoms with E-state index in [9.17, 15) is 9.59 Å². The SMILES string of the molecule is CCN1C(=O)O/C(=C\c2c[nH]c3ncccc23)C1=O. The lowest BCUT2D eigenvalue weighted by atomic mass is 10.2. The minimum atomic E-state index is -0.628. The van der Waals surface area contributed by atoms with E-state index in [0.717, 1.165) is 21.5 Å². The molecule has 0 aromatic carbocycles. The van der Waals surface area contributed by atoms with Crippen LogP contribution in [0.15, 0.2) is 30.3 Å². The third kappa shape index (κ3) is 1.77. The number of hydrogen-bond acceptors (Lipinski definition) is 4. The molecular formula is C13H11N3O3. The van der Waals surface area contributed by atoms with Crippen LogP contribution in [-0.2, 0) is 9.53 Å². The molecule has 3 heterocycles. The zero-order valence-electron chi connectivity index (χ0n) is 10.2. The van der Waals surface area contributed by atoms with Gasteiger partial charge >= 0.3 is 6.09 Å². The number of cyclic esters (lactones) is 1. The molecule has 0 bridgehead atoms. The number of aromatic amines is 1. The summed E-state index contributed by atoms with van der Waals surface area (Å²) < 4.78 is 4.96. The van der Waals surface area contributed by atoms with Crippen LogP contribution in [-0.4, -0.2) is 33.4 Å². The Morgan fingerprint density at radius 2 is 2.32 bits per heavy atom. The maximum Gasteiger partial charge on any atom is 0.422 e. The summed E-state index contributed by atoms with van der Waals surface area (Å²) in [6.07, 6.45) is 4.32. The quantitative estimate of drug-likeness (QED) is 0.834. The second kappa shape index (κ2) is 4.24. The maximum atomic E-state index is 11.9. The number of pyridine rings is 1. The average molecular weight is 257 g/mol. The molecule has 0 aliphatic carbocycles. The lowest BCUT2D eigenvalue weighted by molar-refractivity contribution is -0.123. The van der Waals surface area contributed by atoms with E-state index in [2.05, 4.69) is 9.97 Å². The summed E-state index contributed by atoms with van der Waals surface area (Å²) in [5.41, 5.74) is 1.48. The van der Waals surface area contributed by atoms with Crippen molar-refractivity contribution < 1.29 is 14.3 Å². The summed E-state index contributed by atoms with van der Waals surface area (Å²) in [5, 5.41) is 0.869. The van der Waals surface area contributed by atoms with Gasteiger partial charge in [0.25, 0.3) is 5.91 Å². The van der Waals surface area contributed by atoms with Gasteiger partial charge in [0.2, 0.25) is 0 Å². The Morgan fingerprint density at radius 1 is 1.47 bits per heavy atom. The van der Waals surface area contributed by atoms with Crippen LogP contribution in [0.3, 0.4) is 0 Å². The van der Waals surface area contributed by atoms with E-state index in [-0.39, 0.29) is 5.76 Å². The molecule has 6 nitrogen and oxygen atoms in total. The highest BCUT2D eigenvalue weighted by Crippen LogP contribution is 2.23. The van der Waals surface area contributed by atoms with Gasteiger partial charge in [0.05, 0.1) is 0 Å². The summed E-state index contributed by atoms with van der Waals surface area (Å²) >= 11 is 0. The molecule has 0 unspecified atom stereocenters. The molecule has 19 heavy (non-hydrogen) atoms. The van der Waals surface area contributed by atoms with Crippen molar-refractivity contribution in [1.82, 2.24) is 14.9 Å². The van der Waals surface area contributed by atoms with Crippen molar-refractivity contribution in [2.45, 2.75) is 6.92 Å². The minimum absolute atomic E-state index is 0.0385. The lowest BCUT2D eigenvalue weighted by Gasteiger charge is -2.03. The number of H-pyrrole nitrogens is 1. The summed E-state index contributed by atoms with van der Waals surface area (Å²) in [7, 11) is 0. The Hall–Kier alpha value is -2.63. The number of nitrogens with one attached hydrogen (secondary N) is 1. The summed E-state index contributed by atoms with van der Waals surface area (Å²) in [6.45, 7) is 2.02. The number of imide groups is 1. The number of aromatic nitrogens is 2. The molecule has 1 N–H and O–H groups in total. The number of fused-ring (bicyclic) bond motifs is 1. The Morgan fingerprint density at radius 3 is 3.05 bits per heavy atom. The molecule has 1 aliphatic rings. The molecule has 1 fully saturated rings. The molecule has 96 valence electrons. The molecule has 2 aromatic rings. The van der Waals surface area contributed by atoms with Gasteiger partial charge in [0, 0.05) is 29.9 Å². The van der Waals surface area contributed by atoms with Crippen molar-refractivity contribution in [2.24, 2.45) is 0 Å². The average Bonchev–Trinajstić information content (AvgIpc) is 2.93. The smallest absolute Gasteiger partial charge is 0.404 e. The first-order chi connectivity index (χ1) is 9.20. The lowest BCUT2D eigenvalue weighted by Crippen LogP contribution is -2.28. The molecule has 3 rings (SSSR count). The highest BCUT2D eigenvalue weighted by Gasteiger charge is 2.35. The molecule has 2 aromatic heterocycles. The predicted octanol–water partition coefficient (Wildman–Crippen LogP) is 1.90. The van der Waals surface area contributed by atoms with Gasteiger partial charge < -0.3 is 9.72 Å². The van der Waals surface area contributed by atoms with Crippen LogP contribution in [0.2, 0.25) is 0 Å². The number of ether oxygens (including phenoxy) is 1. The van der Waals surface area contributed by atoms with E-state index in [4.69, 9.17) is 4.74 Å². The Labute approximate surface area is 108 Å². The van der Waals surface area contributed by atoms with Gasteiger partial charge in [-0.15, -0.1) is 0 Å². The highest BCUT2D eigenvalue weighted by molar-refractivity contribution is 6.10. The molecule has 1 saturated heterocycles. The Kier molecular flexibility index (Phi) is 2.56. The van der Waals surface area contributed by atoms with Crippen LogP contribution in [0.4, 0.5) is 4.79 Å². The van der Waals surface area contributed by atoms with Crippen molar-refractivity contribution in [3.63, 3.8) is 0 Å². The molecule has 0 saturated carbocycles. The van der Waals surface area contributed by atoms with E-state index < -0.39 is 12.0 Å². The second-order valence-electron chi connectivity index (χ2n) is 4.07. The van der Waals surface area contributed by atoms with Crippen LogP contribution < -0.4 is 0 Å². The van der Waals surface area contributed by atoms with Crippen molar-refractivity contribution in [2.75, 3.05) is 6.54 Å². The van der Waals surface area contributed by atoms with Crippen LogP contribution in [0.5, 0.6) is 0 Å². The van der Waals surface area contributed by atoms with Gasteiger partial charge in [0.1, 0.15) is 5.65 Å². The standard InChI is InChI=1S/C13H11N3O3/c1-2-16-12(17)10(19-13(16)18)6-8-7-15-11-9(8)4-3-5-14-11/h3-7H,2H2,1H3,(H,14,15)/b10-6-. The largest absolute Gasteiger partial charge is 0.422 e. The highest BCUT2D eigenvalue weighted by atomic mass is 16.6. The van der Waals surface area contributed by atoms with E-state index in [1.54, 1.807) is 31.5 Å². The van der Waals surface area contributed by atoms with Gasteiger partial charge in [-0.1, -0.05) is 0 Å². The van der Waals surface area contributed by atoms with E-state index >= 15 is 0 Å². The fourth-order valence-electron chi connectivity index (χ4n) is 2.01. The fraction of sp³-hybridized carbons (Fsp3) is 0.154. The van der Waals surface area contributed by atoms with Crippen LogP contribution in [0.25, 0.3) is 17.1 Å². The number of carbonyl (C=O) groups is 2. The summed E-state index contributed by atoms with van der Waals surface area (Å²) in [6, 6.07) is 3.68. The molecule has 0 atom stereocenters. The molecule has 1 aliphatic heterocycles. The second-order valence-corrected chi connectivity index (χ2v) is 4.07. The number of likely N-dealkylation sites (N-methyl/N-ethyl adjacent to an activating group) is 1. The number of hydrogen-bond donors (Lipinski definition) is 1. The first kappa shape index (κ1) is 11.5. The van der Waals surface area contributed by atoms with Crippen molar-refractivity contribution in [3.05, 3.63) is 35.8 Å². The molecule has 0 spiro atoms. The van der Waals surface area contributed by atoms with Crippen molar-refractivity contribution in [3.8, 4) is 0 Å². The number of carbonyl (C=O) groups excluding carboxylic acids is 2. The fourth-order valence-corrected chi connectivity index (χ4v) is 2.01. The number of rotatable bonds is 2. The monoisotopic (exact) mass is 257 g/mol. The third-order valence-corrected chi connectivity index (χ3v) is 2.96. The maximum absolute atomic E-state index is 11.9. The van der Waals surface area contributed by atoms with Crippen LogP contribution in [0, 0.1) is 0 Å². The topological polar surface area (TPSA) is 75.3 Å². The number of nitrogens with zero attached hydrogens (tertiary/aromatic N) is 2. The van der Waals surface area contributed by atoms with Crippen LogP contribution >= 0.6 is 0 Å². The van der Waals surface area contributed by atoms with Crippen molar-refractivity contribution in [1.29, 1.82) is 0 Å². The van der Waals surface area contributed by atoms with Gasteiger partial charge in [0.15, 0.2) is 5.76 Å². The van der Waals surface area contributed by atoms with E-state index in [1.165, 1.54) is 0 Å². The van der Waals surface area contributed by atoms with Crippen LogP contribution in [0.1, 0.15) is 12.5 Å². The van der Waals surface area contributed by atoms with Crippen molar-refractivity contribution >= 4 is 29.1 Å². The molecular weight excluding hydrogens is 246 g/mol.